The number of hydrogen-bond acceptors (Lipinski definition) is 0. The highest BCUT2D eigenvalue weighted by molar-refractivity contribution is 7.84. The highest BCUT2D eigenvalue weighted by atomic mass is 31.2. The molecule has 0 saturated carbocycles. The van der Waals surface area contributed by atoms with Crippen molar-refractivity contribution in [3.63, 3.8) is 0 Å². The second kappa shape index (κ2) is 16.3. The molecule has 0 amide bonds. The Labute approximate surface area is 303 Å². The lowest BCUT2D eigenvalue weighted by molar-refractivity contribution is 0.754. The lowest BCUT2D eigenvalue weighted by atomic mass is 10.1. The zero-order valence-electron chi connectivity index (χ0n) is 30.3. The fourth-order valence-electron chi connectivity index (χ4n) is 9.13. The van der Waals surface area contributed by atoms with Crippen LogP contribution in [0.1, 0.15) is 102 Å². The molecule has 49 heavy (non-hydrogen) atoms. The van der Waals surface area contributed by atoms with E-state index >= 15 is 0 Å². The maximum absolute atomic E-state index is 2.87. The normalized spacial score (nSPS) is 28.6. The lowest BCUT2D eigenvalue weighted by Gasteiger charge is -2.40. The van der Waals surface area contributed by atoms with E-state index < -0.39 is 15.8 Å². The maximum atomic E-state index is 2.87. The quantitative estimate of drug-likeness (QED) is 0.107. The van der Waals surface area contributed by atoms with Crippen LogP contribution >= 0.6 is 31.7 Å². The van der Waals surface area contributed by atoms with Gasteiger partial charge in [-0.1, -0.05) is 187 Å². The number of allylic oxidation sites excluding steroid dienone is 2. The lowest BCUT2D eigenvalue weighted by Crippen LogP contribution is -2.33. The van der Waals surface area contributed by atoms with Gasteiger partial charge in [0.15, 0.2) is 0 Å². The first-order valence-corrected chi connectivity index (χ1v) is 25.0. The van der Waals surface area contributed by atoms with Gasteiger partial charge in [-0.2, -0.15) is 0 Å². The first-order chi connectivity index (χ1) is 24.0. The molecule has 3 aliphatic heterocycles. The molecular weight excluding hydrogens is 664 g/mol. The van der Waals surface area contributed by atoms with Crippen molar-refractivity contribution in [3.8, 4) is 0 Å². The van der Waals surface area contributed by atoms with Crippen molar-refractivity contribution >= 4 is 52.9 Å². The molecule has 0 aliphatic carbocycles. The van der Waals surface area contributed by atoms with Crippen molar-refractivity contribution in [1.29, 1.82) is 0 Å². The van der Waals surface area contributed by atoms with Crippen LogP contribution in [-0.2, 0) is 0 Å². The highest BCUT2D eigenvalue weighted by Crippen LogP contribution is 2.76. The standard InChI is InChI=1S/C45H56P4/c1-6-7-23-45(49-41(37-17-11-8-12-18-37)30-31-42(49)38-19-13-9-14-20-38)48(39-21-15-10-16-22-39)40-28-29-43(46-33(2)24-25-34(46)3)44(32-40)47-35(4)26-27-36(47)5/h8-22,28-36,41-42,45H,6-7,23-27H2,1-5H3/t33-,34-,35-,36-,41-,42+,45?,48?,49?/m1/s1. The van der Waals surface area contributed by atoms with Gasteiger partial charge in [0.05, 0.1) is 0 Å². The summed E-state index contributed by atoms with van der Waals surface area (Å²) in [5.74, 6) is 0. The summed E-state index contributed by atoms with van der Waals surface area (Å²) < 4.78 is 0. The Morgan fingerprint density at radius 3 is 1.53 bits per heavy atom. The minimum atomic E-state index is -0.570. The van der Waals surface area contributed by atoms with Crippen molar-refractivity contribution in [2.24, 2.45) is 0 Å². The minimum absolute atomic E-state index is 0.114. The van der Waals surface area contributed by atoms with Gasteiger partial charge in [0.2, 0.25) is 0 Å². The van der Waals surface area contributed by atoms with Crippen LogP contribution in [0.2, 0.25) is 0 Å². The van der Waals surface area contributed by atoms with Gasteiger partial charge in [0.1, 0.15) is 0 Å². The summed E-state index contributed by atoms with van der Waals surface area (Å²) in [6, 6.07) is 43.1. The van der Waals surface area contributed by atoms with Gasteiger partial charge in [-0.15, -0.1) is 0 Å². The van der Waals surface area contributed by atoms with E-state index in [4.69, 9.17) is 0 Å². The van der Waals surface area contributed by atoms with E-state index in [1.165, 1.54) is 56.1 Å². The summed E-state index contributed by atoms with van der Waals surface area (Å²) in [6.07, 6.45) is 14.7. The molecule has 4 aromatic rings. The SMILES string of the molecule is CCCCC(P(c1ccccc1)c1ccc(P2[C@H](C)CC[C@H]2C)c(P2[C@H](C)CC[C@H]2C)c1)P1[C@@H](c2ccccc2)C=C[C@H]1c1ccccc1. The van der Waals surface area contributed by atoms with E-state index in [2.05, 4.69) is 156 Å². The summed E-state index contributed by atoms with van der Waals surface area (Å²) >= 11 is 0. The van der Waals surface area contributed by atoms with Gasteiger partial charge in [0, 0.05) is 16.7 Å². The summed E-state index contributed by atoms with van der Waals surface area (Å²) in [5.41, 5.74) is 7.33. The average Bonchev–Trinajstić information content (AvgIpc) is 3.83. The number of hydrogen-bond donors (Lipinski definition) is 0. The maximum Gasteiger partial charge on any atom is 0.0235 e. The molecule has 0 nitrogen and oxygen atoms in total. The van der Waals surface area contributed by atoms with E-state index in [0.717, 1.165) is 22.6 Å². The molecule has 3 aliphatic rings. The van der Waals surface area contributed by atoms with Crippen LogP contribution in [0.3, 0.4) is 0 Å². The Morgan fingerprint density at radius 2 is 1.04 bits per heavy atom. The number of unbranched alkanes of at least 4 members (excludes halogenated alkanes) is 1. The highest BCUT2D eigenvalue weighted by Gasteiger charge is 2.43. The molecule has 2 saturated heterocycles. The predicted octanol–water partition coefficient (Wildman–Crippen LogP) is 12.5. The molecule has 7 rings (SSSR count). The second-order valence-electron chi connectivity index (χ2n) is 14.9. The smallest absolute Gasteiger partial charge is 0.0235 e. The number of rotatable bonds is 11. The second-order valence-corrected chi connectivity index (χ2v) is 26.5. The molecule has 3 unspecified atom stereocenters. The molecule has 9 atom stereocenters. The molecule has 0 aromatic heterocycles. The van der Waals surface area contributed by atoms with Crippen LogP contribution in [0, 0.1) is 0 Å². The van der Waals surface area contributed by atoms with Crippen molar-refractivity contribution in [1.82, 2.24) is 0 Å². The van der Waals surface area contributed by atoms with E-state index in [1.807, 2.05) is 5.30 Å². The molecule has 0 bridgehead atoms. The minimum Gasteiger partial charge on any atom is -0.0757 e. The van der Waals surface area contributed by atoms with Gasteiger partial charge in [0.25, 0.3) is 0 Å². The summed E-state index contributed by atoms with van der Waals surface area (Å²) in [4.78, 5) is 0. The van der Waals surface area contributed by atoms with Gasteiger partial charge < -0.3 is 0 Å². The molecule has 0 spiro atoms. The third-order valence-electron chi connectivity index (χ3n) is 11.6. The average molecular weight is 721 g/mol. The van der Waals surface area contributed by atoms with Crippen LogP contribution in [0.25, 0.3) is 0 Å². The molecule has 4 heteroatoms. The topological polar surface area (TPSA) is 0 Å². The van der Waals surface area contributed by atoms with Crippen LogP contribution in [0.4, 0.5) is 0 Å². The van der Waals surface area contributed by atoms with E-state index in [0.29, 0.717) is 16.7 Å². The van der Waals surface area contributed by atoms with Crippen molar-refractivity contribution in [2.45, 2.75) is 119 Å². The Bertz CT molecular complexity index is 1600. The van der Waals surface area contributed by atoms with Crippen molar-refractivity contribution in [2.75, 3.05) is 0 Å². The van der Waals surface area contributed by atoms with Gasteiger partial charge >= 0.3 is 0 Å². The first-order valence-electron chi connectivity index (χ1n) is 19.1. The Hall–Kier alpha value is -1.66. The fourth-order valence-corrected chi connectivity index (χ4v) is 24.8. The van der Waals surface area contributed by atoms with Crippen LogP contribution in [-0.4, -0.2) is 28.0 Å². The van der Waals surface area contributed by atoms with Crippen molar-refractivity contribution < 1.29 is 0 Å². The van der Waals surface area contributed by atoms with Crippen molar-refractivity contribution in [3.05, 3.63) is 132 Å². The first kappa shape index (κ1) is 35.7. The molecule has 3 heterocycles. The fraction of sp³-hybridized carbons (Fsp3) is 0.422. The van der Waals surface area contributed by atoms with Crippen LogP contribution in [0.5, 0.6) is 0 Å². The Balaban J connectivity index is 1.41. The molecule has 256 valence electrons. The van der Waals surface area contributed by atoms with Gasteiger partial charge in [-0.25, -0.2) is 0 Å². The molecule has 4 aromatic carbocycles. The molecule has 0 N–H and O–H groups in total. The van der Waals surface area contributed by atoms with E-state index in [-0.39, 0.29) is 15.8 Å². The molecular formula is C45H56P4. The summed E-state index contributed by atoms with van der Waals surface area (Å²) in [7, 11) is -1.27. The summed E-state index contributed by atoms with van der Waals surface area (Å²) in [6.45, 7) is 12.7. The van der Waals surface area contributed by atoms with E-state index in [1.54, 1.807) is 15.9 Å². The van der Waals surface area contributed by atoms with Gasteiger partial charge in [-0.05, 0) is 101 Å². The van der Waals surface area contributed by atoms with E-state index in [9.17, 15) is 0 Å². The number of benzene rings is 4. The largest absolute Gasteiger partial charge is 0.0757 e. The monoisotopic (exact) mass is 720 g/mol. The molecule has 2 fully saturated rings. The summed E-state index contributed by atoms with van der Waals surface area (Å²) in [5, 5.41) is 7.51. The van der Waals surface area contributed by atoms with Gasteiger partial charge in [-0.3, -0.25) is 0 Å². The predicted molar refractivity (Wildman–Crippen MR) is 226 cm³/mol. The zero-order valence-corrected chi connectivity index (χ0v) is 33.9. The van der Waals surface area contributed by atoms with Crippen LogP contribution < -0.4 is 21.2 Å². The third kappa shape index (κ3) is 7.48. The van der Waals surface area contributed by atoms with Crippen LogP contribution in [0.15, 0.2) is 121 Å². The zero-order chi connectivity index (χ0) is 33.9. The third-order valence-corrected chi connectivity index (χ3v) is 25.7. The Morgan fingerprint density at radius 1 is 0.571 bits per heavy atom. The molecule has 0 radical (unpaired) electrons. The Kier molecular flexibility index (Phi) is 11.9.